The number of rotatable bonds is 4. The van der Waals surface area contributed by atoms with Crippen molar-refractivity contribution in [3.63, 3.8) is 0 Å². The number of hydrogen-bond acceptors (Lipinski definition) is 3. The number of amides is 2. The minimum atomic E-state index is -0.366. The van der Waals surface area contributed by atoms with Gasteiger partial charge in [0.25, 0.3) is 0 Å². The first-order valence-corrected chi connectivity index (χ1v) is 7.30. The van der Waals surface area contributed by atoms with Crippen molar-refractivity contribution in [3.05, 3.63) is 28.2 Å². The Hall–Kier alpha value is -1.56. The molecular formula is C14H17BrN2O3. The normalized spacial score (nSPS) is 14.8. The predicted molar refractivity (Wildman–Crippen MR) is 79.8 cm³/mol. The fourth-order valence-electron chi connectivity index (χ4n) is 2.24. The number of carbonyl (C=O) groups is 2. The van der Waals surface area contributed by atoms with Gasteiger partial charge in [-0.25, -0.2) is 4.79 Å². The molecular weight excluding hydrogens is 324 g/mol. The Labute approximate surface area is 126 Å². The lowest BCUT2D eigenvalue weighted by molar-refractivity contribution is -0.143. The number of aryl methyl sites for hydroxylation is 1. The van der Waals surface area contributed by atoms with Crippen molar-refractivity contribution >= 4 is 33.6 Å². The van der Waals surface area contributed by atoms with E-state index < -0.39 is 0 Å². The lowest BCUT2D eigenvalue weighted by Gasteiger charge is -2.20. The molecule has 6 heteroatoms. The number of halogens is 1. The summed E-state index contributed by atoms with van der Waals surface area (Å²) in [4.78, 5) is 27.0. The molecule has 0 bridgehead atoms. The summed E-state index contributed by atoms with van der Waals surface area (Å²) in [7, 11) is 0. The highest BCUT2D eigenvalue weighted by Gasteiger charge is 2.31. The van der Waals surface area contributed by atoms with Gasteiger partial charge in [0.1, 0.15) is 6.54 Å². The maximum absolute atomic E-state index is 12.3. The highest BCUT2D eigenvalue weighted by molar-refractivity contribution is 9.10. The van der Waals surface area contributed by atoms with Gasteiger partial charge in [0, 0.05) is 23.2 Å². The van der Waals surface area contributed by atoms with Crippen molar-refractivity contribution in [1.82, 2.24) is 4.90 Å². The molecule has 1 heterocycles. The molecule has 2 rings (SSSR count). The molecule has 1 saturated heterocycles. The molecule has 108 valence electrons. The van der Waals surface area contributed by atoms with Crippen LogP contribution >= 0.6 is 15.9 Å². The molecule has 1 aliphatic rings. The summed E-state index contributed by atoms with van der Waals surface area (Å²) in [6, 6.07) is 5.63. The second-order valence-corrected chi connectivity index (χ2v) is 5.51. The van der Waals surface area contributed by atoms with Crippen LogP contribution in [0.2, 0.25) is 0 Å². The number of esters is 1. The van der Waals surface area contributed by atoms with Crippen LogP contribution < -0.4 is 4.90 Å². The molecule has 5 nitrogen and oxygen atoms in total. The number of benzene rings is 1. The minimum Gasteiger partial charge on any atom is -0.465 e. The van der Waals surface area contributed by atoms with Crippen LogP contribution in [-0.4, -0.2) is 43.1 Å². The topological polar surface area (TPSA) is 49.9 Å². The summed E-state index contributed by atoms with van der Waals surface area (Å²) in [5, 5.41) is 0. The lowest BCUT2D eigenvalue weighted by Crippen LogP contribution is -2.36. The molecule has 0 unspecified atom stereocenters. The molecule has 0 spiro atoms. The van der Waals surface area contributed by atoms with Gasteiger partial charge in [-0.3, -0.25) is 9.69 Å². The molecule has 20 heavy (non-hydrogen) atoms. The molecule has 2 amide bonds. The Bertz CT molecular complexity index is 533. The summed E-state index contributed by atoms with van der Waals surface area (Å²) >= 11 is 3.41. The number of urea groups is 1. The maximum Gasteiger partial charge on any atom is 0.325 e. The van der Waals surface area contributed by atoms with Gasteiger partial charge in [-0.1, -0.05) is 15.9 Å². The molecule has 0 N–H and O–H groups in total. The van der Waals surface area contributed by atoms with E-state index in [1.807, 2.05) is 25.1 Å². The van der Waals surface area contributed by atoms with Crippen LogP contribution in [0.4, 0.5) is 10.5 Å². The smallest absolute Gasteiger partial charge is 0.325 e. The van der Waals surface area contributed by atoms with E-state index in [4.69, 9.17) is 4.74 Å². The van der Waals surface area contributed by atoms with Crippen LogP contribution in [0.15, 0.2) is 22.7 Å². The van der Waals surface area contributed by atoms with E-state index >= 15 is 0 Å². The fraction of sp³-hybridized carbons (Fsp3) is 0.429. The first-order chi connectivity index (χ1) is 9.52. The zero-order valence-corrected chi connectivity index (χ0v) is 13.1. The van der Waals surface area contributed by atoms with Crippen molar-refractivity contribution < 1.29 is 14.3 Å². The van der Waals surface area contributed by atoms with Gasteiger partial charge in [0.15, 0.2) is 0 Å². The molecule has 0 aromatic heterocycles. The van der Waals surface area contributed by atoms with E-state index in [1.54, 1.807) is 11.8 Å². The standard InChI is InChI=1S/C14H17BrN2O3/c1-3-20-13(18)9-16-6-7-17(14(16)19)12-5-4-11(15)8-10(12)2/h4-5,8H,3,6-7,9H2,1-2H3. The van der Waals surface area contributed by atoms with E-state index in [0.29, 0.717) is 19.7 Å². The second kappa shape index (κ2) is 6.26. The number of anilines is 1. The van der Waals surface area contributed by atoms with Gasteiger partial charge in [-0.15, -0.1) is 0 Å². The van der Waals surface area contributed by atoms with Gasteiger partial charge in [0.05, 0.1) is 6.61 Å². The Balaban J connectivity index is 2.09. The van der Waals surface area contributed by atoms with Crippen LogP contribution in [0.5, 0.6) is 0 Å². The quantitative estimate of drug-likeness (QED) is 0.791. The molecule has 1 fully saturated rings. The van der Waals surface area contributed by atoms with Gasteiger partial charge < -0.3 is 9.64 Å². The van der Waals surface area contributed by atoms with E-state index in [9.17, 15) is 9.59 Å². The van der Waals surface area contributed by atoms with Gasteiger partial charge >= 0.3 is 12.0 Å². The number of ether oxygens (including phenoxy) is 1. The van der Waals surface area contributed by atoms with Crippen molar-refractivity contribution in [2.45, 2.75) is 13.8 Å². The fourth-order valence-corrected chi connectivity index (χ4v) is 2.71. The van der Waals surface area contributed by atoms with E-state index in [2.05, 4.69) is 15.9 Å². The number of nitrogens with zero attached hydrogens (tertiary/aromatic N) is 2. The molecule has 1 aliphatic heterocycles. The first kappa shape index (κ1) is 14.8. The summed E-state index contributed by atoms with van der Waals surface area (Å²) in [6.45, 7) is 5.17. The average Bonchev–Trinajstić information content (AvgIpc) is 2.72. The Morgan fingerprint density at radius 1 is 1.40 bits per heavy atom. The monoisotopic (exact) mass is 340 g/mol. The van der Waals surface area contributed by atoms with Gasteiger partial charge in [-0.2, -0.15) is 0 Å². The number of hydrogen-bond donors (Lipinski definition) is 0. The maximum atomic E-state index is 12.3. The van der Waals surface area contributed by atoms with E-state index in [0.717, 1.165) is 15.7 Å². The molecule has 0 atom stereocenters. The summed E-state index contributed by atoms with van der Waals surface area (Å²) in [5.74, 6) is -0.366. The largest absolute Gasteiger partial charge is 0.465 e. The van der Waals surface area contributed by atoms with Crippen LogP contribution in [0, 0.1) is 6.92 Å². The minimum absolute atomic E-state index is 0.0126. The van der Waals surface area contributed by atoms with Crippen molar-refractivity contribution in [1.29, 1.82) is 0 Å². The van der Waals surface area contributed by atoms with Crippen LogP contribution in [-0.2, 0) is 9.53 Å². The van der Waals surface area contributed by atoms with Gasteiger partial charge in [-0.05, 0) is 37.6 Å². The summed E-state index contributed by atoms with van der Waals surface area (Å²) in [6.07, 6.45) is 0. The zero-order chi connectivity index (χ0) is 14.7. The summed E-state index contributed by atoms with van der Waals surface area (Å²) < 4.78 is 5.86. The van der Waals surface area contributed by atoms with Crippen LogP contribution in [0.3, 0.4) is 0 Å². The molecule has 0 aliphatic carbocycles. The Morgan fingerprint density at radius 2 is 2.15 bits per heavy atom. The second-order valence-electron chi connectivity index (χ2n) is 4.59. The van der Waals surface area contributed by atoms with Crippen LogP contribution in [0.25, 0.3) is 0 Å². The van der Waals surface area contributed by atoms with Gasteiger partial charge in [0.2, 0.25) is 0 Å². The zero-order valence-electron chi connectivity index (χ0n) is 11.6. The van der Waals surface area contributed by atoms with Crippen LogP contribution in [0.1, 0.15) is 12.5 Å². The Morgan fingerprint density at radius 3 is 2.80 bits per heavy atom. The van der Waals surface area contributed by atoms with E-state index in [-0.39, 0.29) is 18.5 Å². The van der Waals surface area contributed by atoms with E-state index in [1.165, 1.54) is 4.90 Å². The summed E-state index contributed by atoms with van der Waals surface area (Å²) in [5.41, 5.74) is 1.90. The molecule has 1 aromatic carbocycles. The predicted octanol–water partition coefficient (Wildman–Crippen LogP) is 2.56. The van der Waals surface area contributed by atoms with Crippen molar-refractivity contribution in [2.24, 2.45) is 0 Å². The van der Waals surface area contributed by atoms with Crippen molar-refractivity contribution in [2.75, 3.05) is 31.1 Å². The molecule has 0 saturated carbocycles. The number of carbonyl (C=O) groups excluding carboxylic acids is 2. The molecule has 0 radical (unpaired) electrons. The third-order valence-electron chi connectivity index (χ3n) is 3.17. The SMILES string of the molecule is CCOC(=O)CN1CCN(c2ccc(Br)cc2C)C1=O. The highest BCUT2D eigenvalue weighted by Crippen LogP contribution is 2.26. The highest BCUT2D eigenvalue weighted by atomic mass is 79.9. The average molecular weight is 341 g/mol. The first-order valence-electron chi connectivity index (χ1n) is 6.51. The third-order valence-corrected chi connectivity index (χ3v) is 3.66. The lowest BCUT2D eigenvalue weighted by atomic mass is 10.2. The Kier molecular flexibility index (Phi) is 4.65. The van der Waals surface area contributed by atoms with Crippen molar-refractivity contribution in [3.8, 4) is 0 Å². The third kappa shape index (κ3) is 3.12. The molecule has 1 aromatic rings.